The van der Waals surface area contributed by atoms with Gasteiger partial charge in [0.1, 0.15) is 0 Å². The molecular formula is C14H15BrN2O2. The second-order valence-electron chi connectivity index (χ2n) is 4.88. The number of oxime groups is 1. The predicted octanol–water partition coefficient (Wildman–Crippen LogP) is 2.56. The van der Waals surface area contributed by atoms with Crippen molar-refractivity contribution in [2.24, 2.45) is 5.16 Å². The summed E-state index contributed by atoms with van der Waals surface area (Å²) in [6.45, 7) is 1.70. The third-order valence-corrected chi connectivity index (χ3v) is 4.01. The molecule has 2 aliphatic heterocycles. The summed E-state index contributed by atoms with van der Waals surface area (Å²) in [7, 11) is 0. The van der Waals surface area contributed by atoms with E-state index < -0.39 is 6.10 Å². The van der Waals surface area contributed by atoms with Crippen LogP contribution in [0, 0.1) is 0 Å². The Balaban J connectivity index is 1.67. The van der Waals surface area contributed by atoms with Crippen LogP contribution in [-0.2, 0) is 9.63 Å². The van der Waals surface area contributed by atoms with Crippen molar-refractivity contribution in [2.75, 3.05) is 13.1 Å². The van der Waals surface area contributed by atoms with E-state index in [1.54, 1.807) is 0 Å². The molecule has 4 nitrogen and oxygen atoms in total. The van der Waals surface area contributed by atoms with Gasteiger partial charge in [-0.05, 0) is 25.0 Å². The molecule has 0 aromatic heterocycles. The lowest BCUT2D eigenvalue weighted by Crippen LogP contribution is -2.37. The van der Waals surface area contributed by atoms with E-state index in [-0.39, 0.29) is 5.91 Å². The fraction of sp³-hybridized carbons (Fsp3) is 0.429. The first-order chi connectivity index (χ1) is 9.24. The summed E-state index contributed by atoms with van der Waals surface area (Å²) in [6, 6.07) is 7.89. The van der Waals surface area contributed by atoms with Crippen molar-refractivity contribution in [3.63, 3.8) is 0 Å². The van der Waals surface area contributed by atoms with Crippen LogP contribution in [0.5, 0.6) is 0 Å². The lowest BCUT2D eigenvalue weighted by molar-refractivity contribution is -0.140. The highest BCUT2D eigenvalue weighted by molar-refractivity contribution is 9.10. The molecule has 0 spiro atoms. The van der Waals surface area contributed by atoms with Gasteiger partial charge in [-0.1, -0.05) is 33.2 Å². The highest BCUT2D eigenvalue weighted by Crippen LogP contribution is 2.22. The Morgan fingerprint density at radius 3 is 2.89 bits per heavy atom. The van der Waals surface area contributed by atoms with Crippen LogP contribution < -0.4 is 0 Å². The molecule has 1 amide bonds. The number of nitrogens with zero attached hydrogens (tertiary/aromatic N) is 2. The van der Waals surface area contributed by atoms with Crippen molar-refractivity contribution in [1.29, 1.82) is 0 Å². The number of amides is 1. The first kappa shape index (κ1) is 12.7. The van der Waals surface area contributed by atoms with Gasteiger partial charge in [0.15, 0.2) is 0 Å². The topological polar surface area (TPSA) is 41.9 Å². The van der Waals surface area contributed by atoms with Gasteiger partial charge in [-0.25, -0.2) is 0 Å². The highest BCUT2D eigenvalue weighted by atomic mass is 79.9. The van der Waals surface area contributed by atoms with Gasteiger partial charge in [0.25, 0.3) is 5.91 Å². The van der Waals surface area contributed by atoms with Gasteiger partial charge in [0.05, 0.1) is 5.71 Å². The van der Waals surface area contributed by atoms with Gasteiger partial charge in [-0.3, -0.25) is 4.79 Å². The molecule has 0 unspecified atom stereocenters. The minimum absolute atomic E-state index is 0.0752. The van der Waals surface area contributed by atoms with E-state index in [1.165, 1.54) is 0 Å². The summed E-state index contributed by atoms with van der Waals surface area (Å²) in [4.78, 5) is 19.4. The molecule has 1 saturated heterocycles. The van der Waals surface area contributed by atoms with Crippen LogP contribution in [0.4, 0.5) is 0 Å². The number of rotatable bonds is 2. The van der Waals surface area contributed by atoms with E-state index >= 15 is 0 Å². The molecule has 2 heterocycles. The van der Waals surface area contributed by atoms with Gasteiger partial charge in [0, 0.05) is 29.5 Å². The van der Waals surface area contributed by atoms with Crippen molar-refractivity contribution in [3.05, 3.63) is 34.3 Å². The first-order valence-corrected chi connectivity index (χ1v) is 7.31. The van der Waals surface area contributed by atoms with Gasteiger partial charge in [-0.15, -0.1) is 0 Å². The minimum Gasteiger partial charge on any atom is -0.382 e. The Morgan fingerprint density at radius 2 is 2.16 bits per heavy atom. The Kier molecular flexibility index (Phi) is 3.55. The van der Waals surface area contributed by atoms with Crippen LogP contribution in [0.15, 0.2) is 33.9 Å². The molecule has 1 atom stereocenters. The number of carbonyl (C=O) groups is 1. The minimum atomic E-state index is -0.438. The van der Waals surface area contributed by atoms with Crippen molar-refractivity contribution in [1.82, 2.24) is 4.90 Å². The summed E-state index contributed by atoms with van der Waals surface area (Å²) >= 11 is 3.44. The zero-order chi connectivity index (χ0) is 13.2. The van der Waals surface area contributed by atoms with E-state index in [1.807, 2.05) is 29.2 Å². The summed E-state index contributed by atoms with van der Waals surface area (Å²) in [5.41, 5.74) is 1.85. The van der Waals surface area contributed by atoms with Crippen molar-refractivity contribution in [2.45, 2.75) is 25.4 Å². The second kappa shape index (κ2) is 5.33. The molecule has 0 aliphatic carbocycles. The lowest BCUT2D eigenvalue weighted by Gasteiger charge is -2.18. The molecule has 0 saturated carbocycles. The quantitative estimate of drug-likeness (QED) is 0.839. The van der Waals surface area contributed by atoms with Crippen molar-refractivity contribution in [3.8, 4) is 0 Å². The smallest absolute Gasteiger partial charge is 0.266 e. The van der Waals surface area contributed by atoms with Crippen LogP contribution in [0.1, 0.15) is 24.8 Å². The van der Waals surface area contributed by atoms with Gasteiger partial charge in [-0.2, -0.15) is 0 Å². The lowest BCUT2D eigenvalue weighted by atomic mass is 10.0. The maximum Gasteiger partial charge on any atom is 0.266 e. The zero-order valence-electron chi connectivity index (χ0n) is 10.5. The van der Waals surface area contributed by atoms with Crippen molar-refractivity contribution >= 4 is 27.5 Å². The standard InChI is InChI=1S/C14H15BrN2O2/c15-11-5-3-4-10(8-11)12-9-13(19-16-12)14(18)17-6-1-2-7-17/h3-5,8,13H,1-2,6-7,9H2/t13-/m1/s1. The molecule has 5 heteroatoms. The van der Waals surface area contributed by atoms with Gasteiger partial charge >= 0.3 is 0 Å². The molecule has 1 aromatic carbocycles. The molecule has 100 valence electrons. The molecule has 0 bridgehead atoms. The largest absolute Gasteiger partial charge is 0.382 e. The van der Waals surface area contributed by atoms with Crippen molar-refractivity contribution < 1.29 is 9.63 Å². The van der Waals surface area contributed by atoms with Crippen LogP contribution in [0.3, 0.4) is 0 Å². The third-order valence-electron chi connectivity index (χ3n) is 3.52. The third kappa shape index (κ3) is 2.66. The first-order valence-electron chi connectivity index (χ1n) is 6.51. The second-order valence-corrected chi connectivity index (χ2v) is 5.79. The normalized spacial score (nSPS) is 22.3. The molecule has 19 heavy (non-hydrogen) atoms. The Morgan fingerprint density at radius 1 is 1.37 bits per heavy atom. The maximum atomic E-state index is 12.2. The number of halogens is 1. The summed E-state index contributed by atoms with van der Waals surface area (Å²) in [5.74, 6) is 0.0752. The molecule has 2 aliphatic rings. The average molecular weight is 323 g/mol. The molecule has 3 rings (SSSR count). The maximum absolute atomic E-state index is 12.2. The molecule has 1 aromatic rings. The van der Waals surface area contributed by atoms with Crippen LogP contribution in [0.25, 0.3) is 0 Å². The summed E-state index contributed by atoms with van der Waals surface area (Å²) in [5, 5.41) is 4.07. The Labute approximate surface area is 120 Å². The molecular weight excluding hydrogens is 308 g/mol. The number of carbonyl (C=O) groups excluding carboxylic acids is 1. The molecule has 0 N–H and O–H groups in total. The fourth-order valence-corrected chi connectivity index (χ4v) is 2.89. The van der Waals surface area contributed by atoms with E-state index in [0.717, 1.165) is 41.7 Å². The monoisotopic (exact) mass is 322 g/mol. The van der Waals surface area contributed by atoms with E-state index in [4.69, 9.17) is 4.84 Å². The molecule has 0 radical (unpaired) electrons. The van der Waals surface area contributed by atoms with Gasteiger partial charge < -0.3 is 9.74 Å². The van der Waals surface area contributed by atoms with Gasteiger partial charge in [0.2, 0.25) is 6.10 Å². The summed E-state index contributed by atoms with van der Waals surface area (Å²) in [6.07, 6.45) is 2.31. The molecule has 1 fully saturated rings. The van der Waals surface area contributed by atoms with E-state index in [0.29, 0.717) is 6.42 Å². The SMILES string of the molecule is O=C([C@H]1CC(c2cccc(Br)c2)=NO1)N1CCCC1. The number of likely N-dealkylation sites (tertiary alicyclic amines) is 1. The summed E-state index contributed by atoms with van der Waals surface area (Å²) < 4.78 is 1.00. The van der Waals surface area contributed by atoms with Crippen LogP contribution >= 0.6 is 15.9 Å². The van der Waals surface area contributed by atoms with Crippen LogP contribution in [-0.4, -0.2) is 35.7 Å². The van der Waals surface area contributed by atoms with E-state index in [2.05, 4.69) is 21.1 Å². The zero-order valence-corrected chi connectivity index (χ0v) is 12.1. The number of hydrogen-bond donors (Lipinski definition) is 0. The Bertz CT molecular complexity index is 524. The predicted molar refractivity (Wildman–Crippen MR) is 76.0 cm³/mol. The average Bonchev–Trinajstić information content (AvgIpc) is 3.10. The van der Waals surface area contributed by atoms with Crippen LogP contribution in [0.2, 0.25) is 0 Å². The van der Waals surface area contributed by atoms with E-state index in [9.17, 15) is 4.79 Å². The number of hydrogen-bond acceptors (Lipinski definition) is 3. The fourth-order valence-electron chi connectivity index (χ4n) is 2.49. The number of benzene rings is 1. The Hall–Kier alpha value is -1.36. The highest BCUT2D eigenvalue weighted by Gasteiger charge is 2.33.